The first kappa shape index (κ1) is 41.2. The number of ether oxygens (including phenoxy) is 2. The third kappa shape index (κ3) is 5.80. The molecule has 2 aliphatic carbocycles. The first-order valence-electron chi connectivity index (χ1n) is 23.0. The van der Waals surface area contributed by atoms with Crippen LogP contribution in [0, 0.1) is 37.2 Å². The fourth-order valence-corrected chi connectivity index (χ4v) is 11.8. The molecule has 348 valence electrons. The third-order valence-electron chi connectivity index (χ3n) is 15.4. The van der Waals surface area contributed by atoms with Crippen molar-refractivity contribution >= 4 is 27.7 Å². The molecule has 3 aromatic carbocycles. The highest BCUT2D eigenvalue weighted by Gasteiger charge is 2.60. The van der Waals surface area contributed by atoms with Crippen molar-refractivity contribution in [3.8, 4) is 17.2 Å². The lowest BCUT2D eigenvalue weighted by Gasteiger charge is -2.45. The number of hydrogen-bond donors (Lipinski definition) is 1. The Morgan fingerprint density at radius 2 is 1.74 bits per heavy atom. The van der Waals surface area contributed by atoms with E-state index in [9.17, 15) is 9.59 Å². The van der Waals surface area contributed by atoms with Crippen LogP contribution >= 0.6 is 0 Å². The lowest BCUT2D eigenvalue weighted by molar-refractivity contribution is -0.0441. The second-order valence-electron chi connectivity index (χ2n) is 19.5. The van der Waals surface area contributed by atoms with E-state index in [2.05, 4.69) is 33.4 Å². The van der Waals surface area contributed by atoms with E-state index in [1.165, 1.54) is 40.5 Å². The minimum atomic E-state index is -0.901. The average Bonchev–Trinajstić information content (AvgIpc) is 3.73. The number of amides is 1. The molecule has 3 aliphatic heterocycles. The average molecular weight is 927 g/mol. The molecule has 1 unspecified atom stereocenters. The molecule has 5 aliphatic rings. The van der Waals surface area contributed by atoms with Gasteiger partial charge in [-0.1, -0.05) is 18.1 Å². The largest absolute Gasteiger partial charge is 0.438 e. The van der Waals surface area contributed by atoms with Crippen LogP contribution in [0.3, 0.4) is 0 Å². The molecule has 19 heteroatoms. The fourth-order valence-electron chi connectivity index (χ4n) is 11.8. The van der Waals surface area contributed by atoms with Gasteiger partial charge in [0.15, 0.2) is 17.5 Å². The number of benzene rings is 3. The molecule has 68 heavy (non-hydrogen) atoms. The number of carbonyl (C=O) groups is 1. The standard InChI is InChI=1S/C49H45F3N10O6/c1-24-13-30(14-25(2)40(24)51)62-43(59-11-10-58(47(59)65)36-18-33(50)42-32(41(36)52)21-53-57(42)4)39-34(55-62)17-31-22-66-23-38(39)60(31)44(63)37-16-29-15-27(28-7-12-67-48(20-28)8-9-48)5-6-35(29)61(37)49(19-26(49)3)45-54-46(64)68-56-45/h5-6,10-11,13-16,18,21,26,28,31,38H,7-9,12,17,19-20,22-23H2,1-4H3,(H,54,56,64)/t26-,28?,31-,38-,49-/m0/s1. The Morgan fingerprint density at radius 3 is 2.47 bits per heavy atom. The number of morpholine rings is 1. The number of nitrogens with one attached hydrogen (secondary N) is 1. The SMILES string of the molecule is Cc1cc(-n2nc3c(c2-n2ccn(-c4cc(F)c5c(cnn5C)c4F)c2=O)[C@@H]2COC[C@H](C3)N2C(=O)c2cc3cc(C4CCOC5(CC5)C4)ccc3n2[C@@]2(c3noc(=O)[nH]3)C[C@@H]2C)cc(C)c1F. The molecule has 1 N–H and O–H groups in total. The summed E-state index contributed by atoms with van der Waals surface area (Å²) in [5.74, 6) is -2.18. The number of H-pyrrole nitrogens is 1. The molecule has 2 saturated carbocycles. The van der Waals surface area contributed by atoms with Gasteiger partial charge in [0.25, 0.3) is 5.91 Å². The predicted molar refractivity (Wildman–Crippen MR) is 239 cm³/mol. The highest BCUT2D eigenvalue weighted by atomic mass is 19.1. The van der Waals surface area contributed by atoms with E-state index in [4.69, 9.17) is 19.1 Å². The number of nitrogens with zero attached hydrogens (tertiary/aromatic N) is 9. The number of fused-ring (bicyclic) bond motifs is 6. The molecule has 5 aromatic heterocycles. The summed E-state index contributed by atoms with van der Waals surface area (Å²) in [6, 6.07) is 11.2. The summed E-state index contributed by atoms with van der Waals surface area (Å²) >= 11 is 0. The van der Waals surface area contributed by atoms with Crippen molar-refractivity contribution in [1.82, 2.24) is 48.3 Å². The molecule has 8 aromatic rings. The molecule has 16 nitrogen and oxygen atoms in total. The van der Waals surface area contributed by atoms with Crippen molar-refractivity contribution < 1.29 is 32.0 Å². The Morgan fingerprint density at radius 1 is 0.956 bits per heavy atom. The highest BCUT2D eigenvalue weighted by Crippen LogP contribution is 2.57. The molecule has 4 fully saturated rings. The van der Waals surface area contributed by atoms with Crippen LogP contribution in [0.5, 0.6) is 0 Å². The van der Waals surface area contributed by atoms with Crippen LogP contribution in [-0.4, -0.2) is 85.7 Å². The predicted octanol–water partition coefficient (Wildman–Crippen LogP) is 6.71. The van der Waals surface area contributed by atoms with Crippen molar-refractivity contribution in [2.24, 2.45) is 13.0 Å². The summed E-state index contributed by atoms with van der Waals surface area (Å²) in [7, 11) is 1.50. The minimum Gasteiger partial charge on any atom is -0.377 e. The molecule has 1 amide bonds. The zero-order valence-corrected chi connectivity index (χ0v) is 37.6. The van der Waals surface area contributed by atoms with Crippen molar-refractivity contribution in [2.75, 3.05) is 19.8 Å². The van der Waals surface area contributed by atoms with E-state index in [0.717, 1.165) is 47.2 Å². The number of imidazole rings is 1. The number of aromatic amines is 1. The van der Waals surface area contributed by atoms with Crippen LogP contribution in [-0.2, 0) is 28.5 Å². The molecular weight excluding hydrogens is 882 g/mol. The van der Waals surface area contributed by atoms with Gasteiger partial charge in [-0.3, -0.25) is 28.1 Å². The Bertz CT molecular complexity index is 3570. The number of carbonyl (C=O) groups excluding carboxylic acids is 1. The second-order valence-corrected chi connectivity index (χ2v) is 19.5. The maximum absolute atomic E-state index is 16.2. The van der Waals surface area contributed by atoms with E-state index in [-0.39, 0.29) is 65.3 Å². The van der Waals surface area contributed by atoms with Crippen molar-refractivity contribution in [3.05, 3.63) is 139 Å². The lowest BCUT2D eigenvalue weighted by Crippen LogP contribution is -2.55. The summed E-state index contributed by atoms with van der Waals surface area (Å²) in [6.45, 7) is 6.26. The van der Waals surface area contributed by atoms with E-state index in [0.29, 0.717) is 58.5 Å². The van der Waals surface area contributed by atoms with Gasteiger partial charge in [-0.15, -0.1) is 0 Å². The molecule has 5 atom stereocenters. The quantitative estimate of drug-likeness (QED) is 0.183. The molecule has 0 radical (unpaired) electrons. The second kappa shape index (κ2) is 14.3. The normalized spacial score (nSPS) is 23.8. The number of rotatable bonds is 7. The first-order valence-corrected chi connectivity index (χ1v) is 23.0. The van der Waals surface area contributed by atoms with Gasteiger partial charge in [-0.2, -0.15) is 10.2 Å². The number of halogens is 3. The molecule has 2 bridgehead atoms. The number of hydrogen-bond acceptors (Lipinski definition) is 9. The monoisotopic (exact) mass is 926 g/mol. The van der Waals surface area contributed by atoms with Gasteiger partial charge in [-0.05, 0) is 105 Å². The lowest BCUT2D eigenvalue weighted by atomic mass is 9.87. The molecule has 13 rings (SSSR count). The van der Waals surface area contributed by atoms with Crippen molar-refractivity contribution in [3.63, 3.8) is 0 Å². The van der Waals surface area contributed by atoms with Crippen LogP contribution < -0.4 is 11.4 Å². The maximum atomic E-state index is 16.2. The van der Waals surface area contributed by atoms with E-state index >= 15 is 18.0 Å². The van der Waals surface area contributed by atoms with E-state index in [1.54, 1.807) is 30.7 Å². The van der Waals surface area contributed by atoms with E-state index in [1.807, 2.05) is 22.5 Å². The Balaban J connectivity index is 0.982. The van der Waals surface area contributed by atoms with Crippen molar-refractivity contribution in [2.45, 2.75) is 88.4 Å². The van der Waals surface area contributed by atoms with Gasteiger partial charge in [0.1, 0.15) is 28.4 Å². The summed E-state index contributed by atoms with van der Waals surface area (Å²) in [5.41, 5.74) is 2.54. The molecule has 8 heterocycles. The Kier molecular flexibility index (Phi) is 8.65. The zero-order valence-electron chi connectivity index (χ0n) is 37.6. The Hall–Kier alpha value is -6.99. The van der Waals surface area contributed by atoms with Gasteiger partial charge < -0.3 is 18.9 Å². The fraction of sp³-hybridized carbons (Fsp3) is 0.388. The van der Waals surface area contributed by atoms with Gasteiger partial charge in [-0.25, -0.2) is 27.4 Å². The third-order valence-corrected chi connectivity index (χ3v) is 15.4. The highest BCUT2D eigenvalue weighted by molar-refractivity contribution is 6.00. The van der Waals surface area contributed by atoms with Crippen LogP contribution in [0.2, 0.25) is 0 Å². The Labute approximate surface area is 384 Å². The van der Waals surface area contributed by atoms with Crippen molar-refractivity contribution in [1.29, 1.82) is 0 Å². The maximum Gasteiger partial charge on any atom is 0.438 e. The summed E-state index contributed by atoms with van der Waals surface area (Å²) in [5, 5.41) is 14.1. The van der Waals surface area contributed by atoms with Gasteiger partial charge in [0, 0.05) is 55.0 Å². The zero-order chi connectivity index (χ0) is 46.7. The summed E-state index contributed by atoms with van der Waals surface area (Å²) < 4.78 is 71.6. The van der Waals surface area contributed by atoms with Crippen LogP contribution in [0.25, 0.3) is 39.0 Å². The number of aryl methyl sites for hydroxylation is 3. The topological polar surface area (TPSA) is 165 Å². The van der Waals surface area contributed by atoms with E-state index < -0.39 is 40.7 Å². The van der Waals surface area contributed by atoms with Crippen LogP contribution in [0.1, 0.15) is 95.2 Å². The minimum absolute atomic E-state index is 0.0355. The smallest absolute Gasteiger partial charge is 0.377 e. The molecular formula is C49H45F3N10O6. The first-order chi connectivity index (χ1) is 32.7. The molecule has 2 saturated heterocycles. The summed E-state index contributed by atoms with van der Waals surface area (Å²) in [6.07, 6.45) is 8.77. The van der Waals surface area contributed by atoms with Gasteiger partial charge in [0.05, 0.1) is 59.6 Å². The van der Waals surface area contributed by atoms with Crippen LogP contribution in [0.4, 0.5) is 13.2 Å². The summed E-state index contributed by atoms with van der Waals surface area (Å²) in [4.78, 5) is 47.8. The van der Waals surface area contributed by atoms with Crippen LogP contribution in [0.15, 0.2) is 75.2 Å². The van der Waals surface area contributed by atoms with Gasteiger partial charge in [0.2, 0.25) is 0 Å². The van der Waals surface area contributed by atoms with Gasteiger partial charge >= 0.3 is 11.4 Å². The molecule has 1 spiro atoms. The number of aromatic nitrogens is 9.